The molecule has 0 fully saturated rings. The first-order valence-corrected chi connectivity index (χ1v) is 4.40. The molecule has 74 valence electrons. The maximum Gasteiger partial charge on any atom is 0.254 e. The second kappa shape index (κ2) is 5.13. The van der Waals surface area contributed by atoms with Gasteiger partial charge in [0.25, 0.3) is 6.04 Å². The number of nitrogens with zero attached hydrogens (tertiary/aromatic N) is 1. The molecule has 0 radical (unpaired) electrons. The van der Waals surface area contributed by atoms with Crippen molar-refractivity contribution in [2.45, 2.75) is 13.0 Å². The van der Waals surface area contributed by atoms with Crippen molar-refractivity contribution in [3.8, 4) is 11.5 Å². The van der Waals surface area contributed by atoms with Gasteiger partial charge in [0.05, 0.1) is 7.11 Å². The van der Waals surface area contributed by atoms with Crippen molar-refractivity contribution < 1.29 is 9.47 Å². The molecule has 0 aromatic heterocycles. The number of benzene rings is 1. The van der Waals surface area contributed by atoms with E-state index in [0.29, 0.717) is 18.1 Å². The van der Waals surface area contributed by atoms with Gasteiger partial charge in [-0.05, 0) is 12.1 Å². The minimum atomic E-state index is -0.125. The Hall–Kier alpha value is -1.69. The zero-order chi connectivity index (χ0) is 10.4. The highest BCUT2D eigenvalue weighted by Gasteiger charge is 2.07. The molecule has 1 aromatic carbocycles. The van der Waals surface area contributed by atoms with Crippen molar-refractivity contribution in [3.63, 3.8) is 0 Å². The van der Waals surface area contributed by atoms with Crippen LogP contribution in [-0.2, 0) is 0 Å². The monoisotopic (exact) mass is 191 g/mol. The highest BCUT2D eigenvalue weighted by Crippen LogP contribution is 2.25. The molecular formula is C11H13NO2. The maximum atomic E-state index is 6.79. The predicted molar refractivity (Wildman–Crippen MR) is 54.6 cm³/mol. The summed E-state index contributed by atoms with van der Waals surface area (Å²) in [5, 5.41) is 0. The van der Waals surface area contributed by atoms with Gasteiger partial charge in [0.1, 0.15) is 0 Å². The first-order valence-electron chi connectivity index (χ1n) is 4.40. The Morgan fingerprint density at radius 1 is 1.36 bits per heavy atom. The standard InChI is InChI=1S/C11H13NO2/c1-9(12-2)8-14-11-7-5-4-6-10(11)13-3/h4-7,9H,8H2,1,3H3. The first kappa shape index (κ1) is 10.4. The summed E-state index contributed by atoms with van der Waals surface area (Å²) in [6.07, 6.45) is 0. The van der Waals surface area contributed by atoms with Crippen LogP contribution < -0.4 is 9.47 Å². The van der Waals surface area contributed by atoms with Crippen LogP contribution in [-0.4, -0.2) is 19.8 Å². The van der Waals surface area contributed by atoms with Crippen molar-refractivity contribution in [2.75, 3.05) is 13.7 Å². The van der Waals surface area contributed by atoms with Crippen molar-refractivity contribution >= 4 is 0 Å². The summed E-state index contributed by atoms with van der Waals surface area (Å²) in [6, 6.07) is 7.29. The topological polar surface area (TPSA) is 22.8 Å². The van der Waals surface area contributed by atoms with Crippen molar-refractivity contribution in [3.05, 3.63) is 35.7 Å². The lowest BCUT2D eigenvalue weighted by atomic mass is 10.3. The minimum absolute atomic E-state index is 0.125. The van der Waals surface area contributed by atoms with E-state index < -0.39 is 0 Å². The molecule has 0 aliphatic rings. The van der Waals surface area contributed by atoms with Crippen LogP contribution in [0.15, 0.2) is 24.3 Å². The van der Waals surface area contributed by atoms with Gasteiger partial charge in [0, 0.05) is 6.92 Å². The second-order valence-corrected chi connectivity index (χ2v) is 2.94. The Kier molecular flexibility index (Phi) is 3.81. The molecule has 1 unspecified atom stereocenters. The molecule has 1 aromatic rings. The molecule has 0 spiro atoms. The van der Waals surface area contributed by atoms with E-state index in [0.717, 1.165) is 0 Å². The average molecular weight is 191 g/mol. The molecule has 0 amide bonds. The Balaban J connectivity index is 2.63. The summed E-state index contributed by atoms with van der Waals surface area (Å²) in [5.74, 6) is 1.38. The van der Waals surface area contributed by atoms with Crippen LogP contribution >= 0.6 is 0 Å². The van der Waals surface area contributed by atoms with Crippen LogP contribution in [0.1, 0.15) is 6.92 Å². The average Bonchev–Trinajstić information content (AvgIpc) is 2.26. The van der Waals surface area contributed by atoms with E-state index in [2.05, 4.69) is 4.85 Å². The normalized spacial score (nSPS) is 11.5. The molecule has 0 aliphatic carbocycles. The Labute approximate surface area is 84.1 Å². The number of ether oxygens (including phenoxy) is 2. The Morgan fingerprint density at radius 3 is 2.57 bits per heavy atom. The van der Waals surface area contributed by atoms with Gasteiger partial charge < -0.3 is 14.3 Å². The lowest BCUT2D eigenvalue weighted by Gasteiger charge is -2.09. The summed E-state index contributed by atoms with van der Waals surface area (Å²) in [7, 11) is 1.60. The molecule has 3 heteroatoms. The van der Waals surface area contributed by atoms with Gasteiger partial charge in [-0.15, -0.1) is 0 Å². The third-order valence-electron chi connectivity index (χ3n) is 1.77. The SMILES string of the molecule is [C-]#[N+]C(C)COc1ccccc1OC. The highest BCUT2D eigenvalue weighted by molar-refractivity contribution is 5.39. The van der Waals surface area contributed by atoms with Crippen LogP contribution in [0.5, 0.6) is 11.5 Å². The van der Waals surface area contributed by atoms with E-state index in [1.54, 1.807) is 7.11 Å². The Morgan fingerprint density at radius 2 is 2.00 bits per heavy atom. The third-order valence-corrected chi connectivity index (χ3v) is 1.77. The van der Waals surface area contributed by atoms with E-state index in [4.69, 9.17) is 16.0 Å². The van der Waals surface area contributed by atoms with Gasteiger partial charge in [-0.3, -0.25) is 0 Å². The van der Waals surface area contributed by atoms with Crippen molar-refractivity contribution in [1.29, 1.82) is 0 Å². The molecule has 1 rings (SSSR count). The van der Waals surface area contributed by atoms with E-state index >= 15 is 0 Å². The fourth-order valence-electron chi connectivity index (χ4n) is 0.986. The molecule has 0 aliphatic heterocycles. The minimum Gasteiger partial charge on any atom is -0.493 e. The summed E-state index contributed by atoms with van der Waals surface area (Å²) >= 11 is 0. The summed E-state index contributed by atoms with van der Waals surface area (Å²) in [4.78, 5) is 3.34. The quantitative estimate of drug-likeness (QED) is 0.682. The van der Waals surface area contributed by atoms with Gasteiger partial charge in [-0.2, -0.15) is 0 Å². The largest absolute Gasteiger partial charge is 0.493 e. The molecule has 3 nitrogen and oxygen atoms in total. The van der Waals surface area contributed by atoms with Gasteiger partial charge in [0.15, 0.2) is 18.1 Å². The molecule has 0 N–H and O–H groups in total. The molecule has 0 heterocycles. The molecule has 0 saturated carbocycles. The van der Waals surface area contributed by atoms with E-state index in [9.17, 15) is 0 Å². The second-order valence-electron chi connectivity index (χ2n) is 2.94. The van der Waals surface area contributed by atoms with Gasteiger partial charge in [0.2, 0.25) is 0 Å². The number of methoxy groups -OCH3 is 1. The summed E-state index contributed by atoms with van der Waals surface area (Å²) < 4.78 is 10.6. The van der Waals surface area contributed by atoms with Crippen LogP contribution in [0.4, 0.5) is 0 Å². The van der Waals surface area contributed by atoms with Gasteiger partial charge >= 0.3 is 0 Å². The molecule has 0 bridgehead atoms. The lowest BCUT2D eigenvalue weighted by Crippen LogP contribution is -2.10. The zero-order valence-electron chi connectivity index (χ0n) is 8.36. The molecule has 14 heavy (non-hydrogen) atoms. The fraction of sp³-hybridized carbons (Fsp3) is 0.364. The highest BCUT2D eigenvalue weighted by atomic mass is 16.5. The van der Waals surface area contributed by atoms with Gasteiger partial charge in [-0.1, -0.05) is 12.1 Å². The predicted octanol–water partition coefficient (Wildman–Crippen LogP) is 2.38. The maximum absolute atomic E-state index is 6.79. The van der Waals surface area contributed by atoms with Crippen LogP contribution in [0.3, 0.4) is 0 Å². The Bertz CT molecular complexity index is 330. The van der Waals surface area contributed by atoms with Crippen molar-refractivity contribution in [1.82, 2.24) is 0 Å². The van der Waals surface area contributed by atoms with Crippen molar-refractivity contribution in [2.24, 2.45) is 0 Å². The summed E-state index contributed by atoms with van der Waals surface area (Å²) in [6.45, 7) is 9.00. The molecule has 1 atom stereocenters. The van der Waals surface area contributed by atoms with E-state index in [-0.39, 0.29) is 6.04 Å². The molecule has 0 saturated heterocycles. The zero-order valence-corrected chi connectivity index (χ0v) is 8.36. The number of hydrogen-bond acceptors (Lipinski definition) is 2. The lowest BCUT2D eigenvalue weighted by molar-refractivity contribution is 0.288. The van der Waals surface area contributed by atoms with E-state index in [1.165, 1.54) is 0 Å². The third kappa shape index (κ3) is 2.67. The van der Waals surface area contributed by atoms with Crippen LogP contribution in [0.25, 0.3) is 4.85 Å². The smallest absolute Gasteiger partial charge is 0.254 e. The number of rotatable bonds is 4. The molecular weight excluding hydrogens is 178 g/mol. The first-order chi connectivity index (χ1) is 6.77. The summed E-state index contributed by atoms with van der Waals surface area (Å²) in [5.41, 5.74) is 0. The number of para-hydroxylation sites is 2. The van der Waals surface area contributed by atoms with Crippen LogP contribution in [0, 0.1) is 6.57 Å². The fourth-order valence-corrected chi connectivity index (χ4v) is 0.986. The number of hydrogen-bond donors (Lipinski definition) is 0. The van der Waals surface area contributed by atoms with Crippen LogP contribution in [0.2, 0.25) is 0 Å². The van der Waals surface area contributed by atoms with E-state index in [1.807, 2.05) is 31.2 Å². The van der Waals surface area contributed by atoms with Gasteiger partial charge in [-0.25, -0.2) is 6.57 Å².